The van der Waals surface area contributed by atoms with Gasteiger partial charge in [0.05, 0.1) is 0 Å². The third kappa shape index (κ3) is 1.92. The minimum Gasteiger partial charge on any atom is -0.499 e. The number of hydrogen-bond acceptors (Lipinski definition) is 3. The number of aromatic hydroxyl groups is 1. The van der Waals surface area contributed by atoms with Gasteiger partial charge >= 0.3 is 12.1 Å². The predicted molar refractivity (Wildman–Crippen MR) is 37.9 cm³/mol. The zero-order valence-corrected chi connectivity index (χ0v) is 6.74. The summed E-state index contributed by atoms with van der Waals surface area (Å²) < 4.78 is 35.9. The number of halogens is 3. The number of aromatic carboxylic acids is 1. The molecule has 0 unspecified atom stereocenters. The van der Waals surface area contributed by atoms with Crippen molar-refractivity contribution in [2.45, 2.75) is 6.18 Å². The maximum atomic E-state index is 12.0. The standard InChI is InChI=1S/C6H3F3O3S/c7-6(8,9)3-1-2(4(10)11)5(12)13-3/h1,12H,(H,10,11). The quantitative estimate of drug-likeness (QED) is 0.749. The third-order valence-corrected chi connectivity index (χ3v) is 2.20. The van der Waals surface area contributed by atoms with E-state index in [9.17, 15) is 18.0 Å². The Bertz CT molecular complexity index is 341. The van der Waals surface area contributed by atoms with Gasteiger partial charge in [-0.2, -0.15) is 13.2 Å². The Kier molecular flexibility index (Phi) is 2.21. The molecule has 2 N–H and O–H groups in total. The van der Waals surface area contributed by atoms with Crippen LogP contribution in [-0.2, 0) is 6.18 Å². The average molecular weight is 212 g/mol. The molecule has 0 bridgehead atoms. The second-order valence-corrected chi connectivity index (χ2v) is 3.16. The lowest BCUT2D eigenvalue weighted by molar-refractivity contribution is -0.134. The summed E-state index contributed by atoms with van der Waals surface area (Å²) in [5.74, 6) is -1.58. The zero-order valence-electron chi connectivity index (χ0n) is 5.92. The van der Waals surface area contributed by atoms with Crippen LogP contribution in [-0.4, -0.2) is 16.2 Å². The Morgan fingerprint density at radius 2 is 2.00 bits per heavy atom. The van der Waals surface area contributed by atoms with E-state index in [1.54, 1.807) is 0 Å². The van der Waals surface area contributed by atoms with Crippen molar-refractivity contribution >= 4 is 17.3 Å². The molecule has 0 aliphatic rings. The lowest BCUT2D eigenvalue weighted by Crippen LogP contribution is -2.01. The Hall–Kier alpha value is -1.24. The number of carboxylic acids is 1. The van der Waals surface area contributed by atoms with Crippen LogP contribution in [0.2, 0.25) is 0 Å². The number of carboxylic acid groups (broad SMARTS) is 1. The highest BCUT2D eigenvalue weighted by molar-refractivity contribution is 7.14. The van der Waals surface area contributed by atoms with E-state index in [0.29, 0.717) is 6.07 Å². The van der Waals surface area contributed by atoms with Gasteiger partial charge in [-0.05, 0) is 6.07 Å². The van der Waals surface area contributed by atoms with Crippen LogP contribution in [0.3, 0.4) is 0 Å². The van der Waals surface area contributed by atoms with E-state index in [-0.39, 0.29) is 11.3 Å². The Balaban J connectivity index is 3.17. The molecule has 1 aromatic heterocycles. The fourth-order valence-corrected chi connectivity index (χ4v) is 1.43. The fraction of sp³-hybridized carbons (Fsp3) is 0.167. The number of rotatable bonds is 1. The molecule has 0 radical (unpaired) electrons. The molecular formula is C6H3F3O3S. The largest absolute Gasteiger partial charge is 0.499 e. The van der Waals surface area contributed by atoms with Gasteiger partial charge in [0.1, 0.15) is 10.4 Å². The van der Waals surface area contributed by atoms with Crippen molar-refractivity contribution in [3.05, 3.63) is 16.5 Å². The van der Waals surface area contributed by atoms with Crippen molar-refractivity contribution in [3.63, 3.8) is 0 Å². The van der Waals surface area contributed by atoms with Crippen LogP contribution in [0.4, 0.5) is 13.2 Å². The van der Waals surface area contributed by atoms with Gasteiger partial charge in [0, 0.05) is 0 Å². The van der Waals surface area contributed by atoms with E-state index in [4.69, 9.17) is 10.2 Å². The topological polar surface area (TPSA) is 57.5 Å². The van der Waals surface area contributed by atoms with Crippen LogP contribution in [0.25, 0.3) is 0 Å². The molecule has 1 rings (SSSR count). The number of carbonyl (C=O) groups is 1. The van der Waals surface area contributed by atoms with Crippen LogP contribution in [0.1, 0.15) is 15.2 Å². The molecule has 1 aromatic rings. The van der Waals surface area contributed by atoms with Crippen molar-refractivity contribution in [1.29, 1.82) is 0 Å². The Labute approximate surface area is 74.0 Å². The molecule has 0 amide bonds. The van der Waals surface area contributed by atoms with Crippen LogP contribution < -0.4 is 0 Å². The minimum absolute atomic E-state index is 0.000648. The molecule has 0 aliphatic heterocycles. The molecule has 0 saturated heterocycles. The van der Waals surface area contributed by atoms with Crippen LogP contribution in [0.5, 0.6) is 5.06 Å². The van der Waals surface area contributed by atoms with Crippen molar-refractivity contribution in [2.75, 3.05) is 0 Å². The van der Waals surface area contributed by atoms with Gasteiger partial charge in [0.2, 0.25) is 0 Å². The van der Waals surface area contributed by atoms with Crippen LogP contribution >= 0.6 is 11.3 Å². The minimum atomic E-state index is -4.62. The summed E-state index contributed by atoms with van der Waals surface area (Å²) >= 11 is -0.000648. The normalized spacial score (nSPS) is 11.6. The van der Waals surface area contributed by atoms with E-state index in [0.717, 1.165) is 0 Å². The maximum absolute atomic E-state index is 12.0. The molecular weight excluding hydrogens is 209 g/mol. The van der Waals surface area contributed by atoms with Crippen molar-refractivity contribution < 1.29 is 28.2 Å². The highest BCUT2D eigenvalue weighted by Gasteiger charge is 2.35. The first-order chi connectivity index (χ1) is 5.82. The first kappa shape index (κ1) is 9.85. The van der Waals surface area contributed by atoms with E-state index in [1.807, 2.05) is 0 Å². The van der Waals surface area contributed by atoms with Crippen molar-refractivity contribution in [3.8, 4) is 5.06 Å². The summed E-state index contributed by atoms with van der Waals surface area (Å²) in [6.07, 6.45) is -4.62. The molecule has 0 aromatic carbocycles. The molecule has 0 atom stereocenters. The summed E-state index contributed by atoms with van der Waals surface area (Å²) in [6.45, 7) is 0. The SMILES string of the molecule is O=C(O)c1cc(C(F)(F)F)sc1O. The Morgan fingerprint density at radius 1 is 1.46 bits per heavy atom. The number of thiophene rings is 1. The second kappa shape index (κ2) is 2.91. The van der Waals surface area contributed by atoms with Gasteiger partial charge in [-0.25, -0.2) is 4.79 Å². The molecule has 3 nitrogen and oxygen atoms in total. The van der Waals surface area contributed by atoms with Gasteiger partial charge in [-0.15, -0.1) is 0 Å². The maximum Gasteiger partial charge on any atom is 0.425 e. The predicted octanol–water partition coefficient (Wildman–Crippen LogP) is 2.17. The first-order valence-corrected chi connectivity index (χ1v) is 3.77. The molecule has 72 valence electrons. The lowest BCUT2D eigenvalue weighted by atomic mass is 10.3. The highest BCUT2D eigenvalue weighted by atomic mass is 32.1. The fourth-order valence-electron chi connectivity index (χ4n) is 0.674. The monoisotopic (exact) mass is 212 g/mol. The first-order valence-electron chi connectivity index (χ1n) is 2.95. The van der Waals surface area contributed by atoms with E-state index in [1.165, 1.54) is 0 Å². The molecule has 13 heavy (non-hydrogen) atoms. The summed E-state index contributed by atoms with van der Waals surface area (Å²) in [7, 11) is 0. The zero-order chi connectivity index (χ0) is 10.2. The molecule has 0 aliphatic carbocycles. The van der Waals surface area contributed by atoms with Crippen molar-refractivity contribution in [2.24, 2.45) is 0 Å². The van der Waals surface area contributed by atoms with E-state index < -0.39 is 27.6 Å². The van der Waals surface area contributed by atoms with E-state index >= 15 is 0 Å². The molecule has 0 spiro atoms. The molecule has 1 heterocycles. The lowest BCUT2D eigenvalue weighted by Gasteiger charge is -1.99. The number of hydrogen-bond donors (Lipinski definition) is 2. The van der Waals surface area contributed by atoms with Gasteiger partial charge in [0.25, 0.3) is 0 Å². The third-order valence-electron chi connectivity index (χ3n) is 1.22. The highest BCUT2D eigenvalue weighted by Crippen LogP contribution is 2.39. The van der Waals surface area contributed by atoms with Gasteiger partial charge in [-0.3, -0.25) is 0 Å². The van der Waals surface area contributed by atoms with Crippen LogP contribution in [0, 0.1) is 0 Å². The average Bonchev–Trinajstić information content (AvgIpc) is 2.29. The van der Waals surface area contributed by atoms with E-state index in [2.05, 4.69) is 0 Å². The molecule has 7 heteroatoms. The summed E-state index contributed by atoms with van der Waals surface area (Å²) in [5, 5.41) is 16.3. The van der Waals surface area contributed by atoms with Crippen molar-refractivity contribution in [1.82, 2.24) is 0 Å². The summed E-state index contributed by atoms with van der Waals surface area (Å²) in [6, 6.07) is 0.405. The Morgan fingerprint density at radius 3 is 2.23 bits per heavy atom. The smallest absolute Gasteiger partial charge is 0.425 e. The second-order valence-electron chi connectivity index (χ2n) is 2.13. The van der Waals surface area contributed by atoms with Gasteiger partial charge in [-0.1, -0.05) is 11.3 Å². The summed E-state index contributed by atoms with van der Waals surface area (Å²) in [4.78, 5) is 9.12. The van der Waals surface area contributed by atoms with Crippen LogP contribution in [0.15, 0.2) is 6.07 Å². The van der Waals surface area contributed by atoms with Gasteiger partial charge < -0.3 is 10.2 Å². The number of alkyl halides is 3. The summed E-state index contributed by atoms with van der Waals surface area (Å²) in [5.41, 5.74) is -0.725. The molecule has 0 saturated carbocycles. The van der Waals surface area contributed by atoms with Gasteiger partial charge in [0.15, 0.2) is 5.06 Å². The molecule has 0 fully saturated rings.